The lowest BCUT2D eigenvalue weighted by molar-refractivity contribution is 0.458. The highest BCUT2D eigenvalue weighted by molar-refractivity contribution is 9.11. The van der Waals surface area contributed by atoms with Gasteiger partial charge in [0.25, 0.3) is 0 Å². The van der Waals surface area contributed by atoms with E-state index in [1.165, 1.54) is 0 Å². The van der Waals surface area contributed by atoms with Gasteiger partial charge in [0.05, 0.1) is 4.47 Å². The third-order valence-electron chi connectivity index (χ3n) is 2.10. The largest absolute Gasteiger partial charge is 0.506 e. The molecule has 0 radical (unpaired) electrons. The normalized spacial score (nSPS) is 12.9. The smallest absolute Gasteiger partial charge is 0.134 e. The van der Waals surface area contributed by atoms with E-state index in [2.05, 4.69) is 31.9 Å². The van der Waals surface area contributed by atoms with Crippen molar-refractivity contribution in [3.63, 3.8) is 0 Å². The zero-order valence-corrected chi connectivity index (χ0v) is 10.9. The lowest BCUT2D eigenvalue weighted by Crippen LogP contribution is -2.21. The molecule has 0 aliphatic heterocycles. The van der Waals surface area contributed by atoms with Gasteiger partial charge >= 0.3 is 0 Å². The standard InChI is InChI=1S/C9H12Br2N2O/c1-4-6(10)2-5(7(13)3-12)9(14)8(4)11/h2,7,14H,3,12-13H2,1H3/t7-/m1/s1. The van der Waals surface area contributed by atoms with Crippen LogP contribution in [0.1, 0.15) is 17.2 Å². The number of phenolic OH excluding ortho intramolecular Hbond substituents is 1. The summed E-state index contributed by atoms with van der Waals surface area (Å²) in [5.41, 5.74) is 12.8. The Kier molecular flexibility index (Phi) is 3.94. The van der Waals surface area contributed by atoms with Gasteiger partial charge in [-0.2, -0.15) is 0 Å². The molecule has 5 N–H and O–H groups in total. The zero-order chi connectivity index (χ0) is 10.9. The van der Waals surface area contributed by atoms with E-state index in [9.17, 15) is 5.11 Å². The Morgan fingerprint density at radius 2 is 2.07 bits per heavy atom. The van der Waals surface area contributed by atoms with E-state index in [-0.39, 0.29) is 11.8 Å². The van der Waals surface area contributed by atoms with Crippen molar-refractivity contribution in [3.05, 3.63) is 26.1 Å². The molecule has 78 valence electrons. The fraction of sp³-hybridized carbons (Fsp3) is 0.333. The molecule has 1 rings (SSSR count). The van der Waals surface area contributed by atoms with E-state index >= 15 is 0 Å². The summed E-state index contributed by atoms with van der Waals surface area (Å²) in [4.78, 5) is 0. The van der Waals surface area contributed by atoms with Crippen LogP contribution in [-0.2, 0) is 0 Å². The van der Waals surface area contributed by atoms with E-state index in [1.807, 2.05) is 6.92 Å². The highest BCUT2D eigenvalue weighted by Gasteiger charge is 2.15. The number of hydrogen-bond acceptors (Lipinski definition) is 3. The molecular formula is C9H12Br2N2O. The van der Waals surface area contributed by atoms with Crippen molar-refractivity contribution in [2.75, 3.05) is 6.54 Å². The van der Waals surface area contributed by atoms with Crippen LogP contribution in [0.5, 0.6) is 5.75 Å². The van der Waals surface area contributed by atoms with Gasteiger partial charge in [0.15, 0.2) is 0 Å². The molecule has 0 saturated carbocycles. The quantitative estimate of drug-likeness (QED) is 0.781. The summed E-state index contributed by atoms with van der Waals surface area (Å²) in [5, 5.41) is 9.80. The molecule has 14 heavy (non-hydrogen) atoms. The predicted octanol–water partition coefficient (Wildman–Crippen LogP) is 2.18. The first-order valence-electron chi connectivity index (χ1n) is 4.12. The van der Waals surface area contributed by atoms with Gasteiger partial charge in [0.1, 0.15) is 5.75 Å². The Bertz CT molecular complexity index is 355. The van der Waals surface area contributed by atoms with Crippen LogP contribution in [0.15, 0.2) is 15.0 Å². The zero-order valence-electron chi connectivity index (χ0n) is 7.72. The van der Waals surface area contributed by atoms with Gasteiger partial charge in [-0.1, -0.05) is 15.9 Å². The first-order chi connectivity index (χ1) is 6.49. The van der Waals surface area contributed by atoms with Crippen LogP contribution >= 0.6 is 31.9 Å². The summed E-state index contributed by atoms with van der Waals surface area (Å²) < 4.78 is 1.56. The minimum Gasteiger partial charge on any atom is -0.506 e. The monoisotopic (exact) mass is 322 g/mol. The number of aromatic hydroxyl groups is 1. The van der Waals surface area contributed by atoms with Gasteiger partial charge in [-0.25, -0.2) is 0 Å². The Morgan fingerprint density at radius 3 is 2.57 bits per heavy atom. The Hall–Kier alpha value is -0.100. The molecule has 1 atom stereocenters. The molecule has 0 aromatic heterocycles. The highest BCUT2D eigenvalue weighted by Crippen LogP contribution is 2.37. The maximum absolute atomic E-state index is 9.80. The minimum atomic E-state index is -0.344. The van der Waals surface area contributed by atoms with Crippen molar-refractivity contribution < 1.29 is 5.11 Å². The first-order valence-corrected chi connectivity index (χ1v) is 5.70. The third-order valence-corrected chi connectivity index (χ3v) is 3.90. The second-order valence-electron chi connectivity index (χ2n) is 3.08. The van der Waals surface area contributed by atoms with Crippen molar-refractivity contribution >= 4 is 31.9 Å². The maximum Gasteiger partial charge on any atom is 0.134 e. The Balaban J connectivity index is 3.33. The van der Waals surface area contributed by atoms with Crippen molar-refractivity contribution in [3.8, 4) is 5.75 Å². The van der Waals surface area contributed by atoms with E-state index in [0.717, 1.165) is 10.0 Å². The summed E-state index contributed by atoms with van der Waals surface area (Å²) in [6, 6.07) is 1.45. The van der Waals surface area contributed by atoms with Crippen LogP contribution in [0.3, 0.4) is 0 Å². The molecule has 0 saturated heterocycles. The topological polar surface area (TPSA) is 72.3 Å². The second kappa shape index (κ2) is 4.61. The van der Waals surface area contributed by atoms with Crippen LogP contribution in [0.25, 0.3) is 0 Å². The molecule has 0 aliphatic carbocycles. The molecule has 0 aliphatic rings. The number of rotatable bonds is 2. The van der Waals surface area contributed by atoms with Crippen LogP contribution in [0.4, 0.5) is 0 Å². The summed E-state index contributed by atoms with van der Waals surface area (Å²) in [5.74, 6) is 0.170. The maximum atomic E-state index is 9.80. The van der Waals surface area contributed by atoms with Crippen molar-refractivity contribution in [1.82, 2.24) is 0 Å². The predicted molar refractivity (Wildman–Crippen MR) is 64.2 cm³/mol. The van der Waals surface area contributed by atoms with E-state index in [0.29, 0.717) is 16.6 Å². The van der Waals surface area contributed by atoms with E-state index in [1.54, 1.807) is 6.07 Å². The molecule has 0 fully saturated rings. The van der Waals surface area contributed by atoms with Gasteiger partial charge in [-0.15, -0.1) is 0 Å². The highest BCUT2D eigenvalue weighted by atomic mass is 79.9. The summed E-state index contributed by atoms with van der Waals surface area (Å²) in [6.45, 7) is 2.20. The Morgan fingerprint density at radius 1 is 1.50 bits per heavy atom. The van der Waals surface area contributed by atoms with Crippen LogP contribution in [-0.4, -0.2) is 11.7 Å². The van der Waals surface area contributed by atoms with Crippen molar-refractivity contribution in [2.24, 2.45) is 11.5 Å². The summed E-state index contributed by atoms with van der Waals surface area (Å²) in [6.07, 6.45) is 0. The second-order valence-corrected chi connectivity index (χ2v) is 4.72. The lowest BCUT2D eigenvalue weighted by atomic mass is 10.0. The number of benzene rings is 1. The van der Waals surface area contributed by atoms with Crippen molar-refractivity contribution in [1.29, 1.82) is 0 Å². The van der Waals surface area contributed by atoms with Crippen molar-refractivity contribution in [2.45, 2.75) is 13.0 Å². The summed E-state index contributed by atoms with van der Waals surface area (Å²) in [7, 11) is 0. The lowest BCUT2D eigenvalue weighted by Gasteiger charge is -2.15. The number of nitrogens with two attached hydrogens (primary N) is 2. The van der Waals surface area contributed by atoms with Crippen LogP contribution < -0.4 is 11.5 Å². The molecular weight excluding hydrogens is 312 g/mol. The molecule has 3 nitrogen and oxygen atoms in total. The van der Waals surface area contributed by atoms with Crippen LogP contribution in [0.2, 0.25) is 0 Å². The minimum absolute atomic E-state index is 0.170. The van der Waals surface area contributed by atoms with Gasteiger partial charge in [0.2, 0.25) is 0 Å². The third kappa shape index (κ3) is 2.11. The fourth-order valence-corrected chi connectivity index (χ4v) is 2.29. The number of hydrogen-bond donors (Lipinski definition) is 3. The SMILES string of the molecule is Cc1c(Br)cc([C@H](N)CN)c(O)c1Br. The molecule has 1 aromatic rings. The number of phenols is 1. The van der Waals surface area contributed by atoms with Crippen LogP contribution in [0, 0.1) is 6.92 Å². The molecule has 0 bridgehead atoms. The average molecular weight is 324 g/mol. The van der Waals surface area contributed by atoms with Gasteiger partial charge in [-0.3, -0.25) is 0 Å². The van der Waals surface area contributed by atoms with E-state index in [4.69, 9.17) is 11.5 Å². The molecule has 5 heteroatoms. The number of halogens is 2. The molecule has 0 amide bonds. The van der Waals surface area contributed by atoms with Gasteiger partial charge in [0, 0.05) is 22.6 Å². The van der Waals surface area contributed by atoms with Gasteiger partial charge < -0.3 is 16.6 Å². The van der Waals surface area contributed by atoms with E-state index < -0.39 is 0 Å². The molecule has 1 aromatic carbocycles. The Labute approximate surface area is 99.7 Å². The average Bonchev–Trinajstić information content (AvgIpc) is 2.19. The first kappa shape index (κ1) is 12.0. The molecule has 0 unspecified atom stereocenters. The van der Waals surface area contributed by atoms with Gasteiger partial charge in [-0.05, 0) is 34.5 Å². The fourth-order valence-electron chi connectivity index (χ4n) is 1.13. The molecule has 0 heterocycles. The molecule has 0 spiro atoms. The summed E-state index contributed by atoms with van der Waals surface area (Å²) >= 11 is 6.69.